The molecule has 0 saturated carbocycles. The molecule has 0 amide bonds. The van der Waals surface area contributed by atoms with Crippen molar-refractivity contribution in [2.75, 3.05) is 23.3 Å². The lowest BCUT2D eigenvalue weighted by Crippen LogP contribution is -2.30. The molecule has 0 atom stereocenters. The van der Waals surface area contributed by atoms with Gasteiger partial charge >= 0.3 is 0 Å². The first-order valence-electron chi connectivity index (χ1n) is 8.89. The van der Waals surface area contributed by atoms with E-state index in [-0.39, 0.29) is 0 Å². The van der Waals surface area contributed by atoms with Crippen LogP contribution in [-0.4, -0.2) is 24.4 Å². The van der Waals surface area contributed by atoms with E-state index in [1.165, 1.54) is 24.1 Å². The number of hydrogen-bond acceptors (Lipinski definition) is 3. The van der Waals surface area contributed by atoms with Gasteiger partial charge < -0.3 is 10.2 Å². The molecule has 0 fully saturated rings. The molecule has 6 heteroatoms. The van der Waals surface area contributed by atoms with E-state index in [1.54, 1.807) is 6.21 Å². The summed E-state index contributed by atoms with van der Waals surface area (Å²) in [5.41, 5.74) is 7.50. The molecule has 136 valence electrons. The SMILES string of the molecule is CCCN1CCCc2cc(/C=N/NC(=S)Nc3cccc(Cl)c3)ccc21. The monoisotopic (exact) mass is 386 g/mol. The van der Waals surface area contributed by atoms with Gasteiger partial charge in [0.1, 0.15) is 0 Å². The number of thiocarbonyl (C=S) groups is 1. The molecule has 0 saturated heterocycles. The highest BCUT2D eigenvalue weighted by molar-refractivity contribution is 7.80. The number of fused-ring (bicyclic) bond motifs is 1. The van der Waals surface area contributed by atoms with Crippen molar-refractivity contribution in [3.05, 3.63) is 58.6 Å². The molecule has 2 aromatic rings. The summed E-state index contributed by atoms with van der Waals surface area (Å²) in [4.78, 5) is 2.47. The van der Waals surface area contributed by atoms with Gasteiger partial charge in [0, 0.05) is 29.5 Å². The summed E-state index contributed by atoms with van der Waals surface area (Å²) in [5, 5.41) is 8.38. The maximum atomic E-state index is 5.96. The number of halogens is 1. The zero-order chi connectivity index (χ0) is 18.4. The van der Waals surface area contributed by atoms with Crippen LogP contribution < -0.4 is 15.6 Å². The minimum Gasteiger partial charge on any atom is -0.371 e. The molecule has 4 nitrogen and oxygen atoms in total. The second-order valence-corrected chi connectivity index (χ2v) is 7.16. The number of hydrogen-bond donors (Lipinski definition) is 2. The van der Waals surface area contributed by atoms with Gasteiger partial charge in [-0.15, -0.1) is 0 Å². The highest BCUT2D eigenvalue weighted by Crippen LogP contribution is 2.27. The minimum atomic E-state index is 0.426. The van der Waals surface area contributed by atoms with Gasteiger partial charge in [-0.3, -0.25) is 5.43 Å². The Labute approximate surface area is 165 Å². The van der Waals surface area contributed by atoms with Crippen molar-refractivity contribution >= 4 is 46.5 Å². The van der Waals surface area contributed by atoms with Gasteiger partial charge in [0.05, 0.1) is 6.21 Å². The smallest absolute Gasteiger partial charge is 0.191 e. The summed E-state index contributed by atoms with van der Waals surface area (Å²) in [6.45, 7) is 4.49. The standard InChI is InChI=1S/C20H23ClN4S/c1-2-10-25-11-4-5-16-12-15(8-9-19(16)25)14-22-24-20(26)23-18-7-3-6-17(21)13-18/h3,6-9,12-14H,2,4-5,10-11H2,1H3,(H2,23,24,26)/b22-14+. The molecule has 1 aliphatic rings. The summed E-state index contributed by atoms with van der Waals surface area (Å²) in [7, 11) is 0. The van der Waals surface area contributed by atoms with Crippen LogP contribution in [0, 0.1) is 0 Å². The van der Waals surface area contributed by atoms with Crippen molar-refractivity contribution in [1.82, 2.24) is 5.43 Å². The molecule has 0 spiro atoms. The molecule has 0 bridgehead atoms. The molecule has 0 aliphatic carbocycles. The number of hydrazone groups is 1. The van der Waals surface area contributed by atoms with Gasteiger partial charge in [-0.2, -0.15) is 5.10 Å². The van der Waals surface area contributed by atoms with E-state index in [2.05, 4.69) is 45.9 Å². The lowest BCUT2D eigenvalue weighted by atomic mass is 9.99. The fourth-order valence-electron chi connectivity index (χ4n) is 3.17. The van der Waals surface area contributed by atoms with Crippen LogP contribution in [0.1, 0.15) is 30.9 Å². The number of anilines is 2. The normalized spacial score (nSPS) is 13.5. The Kier molecular flexibility index (Phi) is 6.47. The van der Waals surface area contributed by atoms with Crippen molar-refractivity contribution in [2.45, 2.75) is 26.2 Å². The van der Waals surface area contributed by atoms with E-state index in [1.807, 2.05) is 24.3 Å². The van der Waals surface area contributed by atoms with Crippen LogP contribution in [0.4, 0.5) is 11.4 Å². The Balaban J connectivity index is 1.59. The van der Waals surface area contributed by atoms with Crippen LogP contribution in [0.25, 0.3) is 0 Å². The molecule has 0 aromatic heterocycles. The van der Waals surface area contributed by atoms with Gasteiger partial charge in [0.2, 0.25) is 0 Å². The van der Waals surface area contributed by atoms with Gasteiger partial charge in [0.15, 0.2) is 5.11 Å². The average molecular weight is 387 g/mol. The van der Waals surface area contributed by atoms with Gasteiger partial charge in [-0.05, 0) is 72.9 Å². The van der Waals surface area contributed by atoms with E-state index in [9.17, 15) is 0 Å². The third-order valence-electron chi connectivity index (χ3n) is 4.27. The third kappa shape index (κ3) is 4.96. The summed E-state index contributed by atoms with van der Waals surface area (Å²) in [6, 6.07) is 13.9. The van der Waals surface area contributed by atoms with E-state index < -0.39 is 0 Å². The van der Waals surface area contributed by atoms with Crippen LogP contribution in [0.15, 0.2) is 47.6 Å². The summed E-state index contributed by atoms with van der Waals surface area (Å²) in [5.74, 6) is 0. The topological polar surface area (TPSA) is 39.7 Å². The maximum Gasteiger partial charge on any atom is 0.191 e. The zero-order valence-electron chi connectivity index (χ0n) is 14.8. The quantitative estimate of drug-likeness (QED) is 0.439. The van der Waals surface area contributed by atoms with E-state index in [4.69, 9.17) is 23.8 Å². The average Bonchev–Trinajstić information content (AvgIpc) is 2.62. The number of rotatable bonds is 5. The fraction of sp³-hybridized carbons (Fsp3) is 0.300. The lowest BCUT2D eigenvalue weighted by Gasteiger charge is -2.31. The van der Waals surface area contributed by atoms with Crippen molar-refractivity contribution < 1.29 is 0 Å². The van der Waals surface area contributed by atoms with Crippen molar-refractivity contribution in [3.8, 4) is 0 Å². The molecule has 1 heterocycles. The Morgan fingerprint density at radius 2 is 2.19 bits per heavy atom. The largest absolute Gasteiger partial charge is 0.371 e. The van der Waals surface area contributed by atoms with Crippen LogP contribution in [0.3, 0.4) is 0 Å². The molecule has 0 radical (unpaired) electrons. The summed E-state index contributed by atoms with van der Waals surface area (Å²) < 4.78 is 0. The lowest BCUT2D eigenvalue weighted by molar-refractivity contribution is 0.681. The van der Waals surface area contributed by atoms with Crippen LogP contribution in [0.2, 0.25) is 5.02 Å². The van der Waals surface area contributed by atoms with E-state index in [0.717, 1.165) is 30.8 Å². The number of nitrogens with one attached hydrogen (secondary N) is 2. The van der Waals surface area contributed by atoms with E-state index >= 15 is 0 Å². The second-order valence-electron chi connectivity index (χ2n) is 6.31. The molecular weight excluding hydrogens is 364 g/mol. The third-order valence-corrected chi connectivity index (χ3v) is 4.70. The van der Waals surface area contributed by atoms with Gasteiger partial charge in [-0.25, -0.2) is 0 Å². The van der Waals surface area contributed by atoms with Crippen molar-refractivity contribution in [2.24, 2.45) is 5.10 Å². The maximum absolute atomic E-state index is 5.96. The minimum absolute atomic E-state index is 0.426. The molecule has 2 N–H and O–H groups in total. The Morgan fingerprint density at radius 3 is 3.00 bits per heavy atom. The first-order chi connectivity index (χ1) is 12.7. The molecule has 3 rings (SSSR count). The second kappa shape index (κ2) is 9.01. The zero-order valence-corrected chi connectivity index (χ0v) is 16.4. The molecule has 1 aliphatic heterocycles. The van der Waals surface area contributed by atoms with Gasteiger partial charge in [0.25, 0.3) is 0 Å². The molecular formula is C20H23ClN4S. The Bertz CT molecular complexity index is 806. The van der Waals surface area contributed by atoms with E-state index in [0.29, 0.717) is 10.1 Å². The summed E-state index contributed by atoms with van der Waals surface area (Å²) >= 11 is 11.2. The Hall–Kier alpha value is -2.11. The predicted molar refractivity (Wildman–Crippen MR) is 116 cm³/mol. The van der Waals surface area contributed by atoms with Crippen LogP contribution in [0.5, 0.6) is 0 Å². The van der Waals surface area contributed by atoms with Crippen LogP contribution >= 0.6 is 23.8 Å². The Morgan fingerprint density at radius 1 is 1.31 bits per heavy atom. The molecule has 26 heavy (non-hydrogen) atoms. The number of aryl methyl sites for hydroxylation is 1. The number of benzene rings is 2. The number of nitrogens with zero attached hydrogens (tertiary/aromatic N) is 2. The fourth-order valence-corrected chi connectivity index (χ4v) is 3.53. The van der Waals surface area contributed by atoms with Crippen LogP contribution in [-0.2, 0) is 6.42 Å². The predicted octanol–water partition coefficient (Wildman–Crippen LogP) is 4.82. The summed E-state index contributed by atoms with van der Waals surface area (Å²) in [6.07, 6.45) is 5.30. The highest BCUT2D eigenvalue weighted by atomic mass is 35.5. The highest BCUT2D eigenvalue weighted by Gasteiger charge is 2.15. The van der Waals surface area contributed by atoms with Crippen molar-refractivity contribution in [1.29, 1.82) is 0 Å². The molecule has 0 unspecified atom stereocenters. The first-order valence-corrected chi connectivity index (χ1v) is 9.68. The van der Waals surface area contributed by atoms with Crippen molar-refractivity contribution in [3.63, 3.8) is 0 Å². The first kappa shape index (κ1) is 18.7. The van der Waals surface area contributed by atoms with Gasteiger partial charge in [-0.1, -0.05) is 30.7 Å². The molecule has 2 aromatic carbocycles.